The number of fused-ring (bicyclic) bond motifs is 4. The summed E-state index contributed by atoms with van der Waals surface area (Å²) in [6, 6.07) is 23.9. The summed E-state index contributed by atoms with van der Waals surface area (Å²) in [6.07, 6.45) is 15.2. The van der Waals surface area contributed by atoms with Gasteiger partial charge in [0.2, 0.25) is 0 Å². The third-order valence-corrected chi connectivity index (χ3v) is 20.5. The maximum atomic E-state index is 2.94. The molecule has 41 heavy (non-hydrogen) atoms. The van der Waals surface area contributed by atoms with Crippen molar-refractivity contribution in [3.05, 3.63) is 71.8 Å². The van der Waals surface area contributed by atoms with E-state index >= 15 is 0 Å². The number of rotatable bonds is 4. The molecule has 0 radical (unpaired) electrons. The second-order valence-electron chi connectivity index (χ2n) is 17.0. The van der Waals surface area contributed by atoms with Crippen LogP contribution in [0.25, 0.3) is 0 Å². The Kier molecular flexibility index (Phi) is 6.89. The zero-order valence-corrected chi connectivity index (χ0v) is 27.4. The summed E-state index contributed by atoms with van der Waals surface area (Å²) in [4.78, 5) is 0. The predicted octanol–water partition coefficient (Wildman–Crippen LogP) is 11.2. The predicted molar refractivity (Wildman–Crippen MR) is 176 cm³/mol. The van der Waals surface area contributed by atoms with E-state index in [1.54, 1.807) is 24.0 Å². The van der Waals surface area contributed by atoms with E-state index in [1.807, 2.05) is 0 Å². The standard InChI is InChI=1S/C40H56Si/c1-25-21-33-35(23-29-17-11-19-31(29)37(33)27-13-7-5-8-14-27)39(25)41(3,4)40-26(2)22-34-36(40)24-30-18-12-20-32(30)38(34)28-15-9-6-10-16-28/h5-10,13-16,25-26,29-40H,11-12,17-24H2,1-4H3. The van der Waals surface area contributed by atoms with Gasteiger partial charge in [0.1, 0.15) is 0 Å². The molecular weight excluding hydrogens is 509 g/mol. The van der Waals surface area contributed by atoms with Gasteiger partial charge in [-0.15, -0.1) is 0 Å². The molecule has 0 saturated heterocycles. The molecule has 14 unspecified atom stereocenters. The monoisotopic (exact) mass is 564 g/mol. The van der Waals surface area contributed by atoms with Gasteiger partial charge in [-0.2, -0.15) is 0 Å². The van der Waals surface area contributed by atoms with Gasteiger partial charge in [0.15, 0.2) is 0 Å². The molecule has 8 rings (SSSR count). The van der Waals surface area contributed by atoms with Crippen LogP contribution in [0.15, 0.2) is 60.7 Å². The van der Waals surface area contributed by atoms with Crippen molar-refractivity contribution >= 4 is 8.07 Å². The Morgan fingerprint density at radius 1 is 0.488 bits per heavy atom. The molecule has 1 heteroatoms. The number of hydrogen-bond donors (Lipinski definition) is 0. The molecule has 2 aromatic carbocycles. The van der Waals surface area contributed by atoms with Gasteiger partial charge in [-0.1, -0.05) is 113 Å². The summed E-state index contributed by atoms with van der Waals surface area (Å²) in [5, 5.41) is 0. The second kappa shape index (κ2) is 10.4. The molecule has 0 amide bonds. The molecular formula is C40H56Si. The molecule has 6 saturated carbocycles. The highest BCUT2D eigenvalue weighted by Crippen LogP contribution is 2.71. The lowest BCUT2D eigenvalue weighted by molar-refractivity contribution is 0.116. The Morgan fingerprint density at radius 3 is 1.32 bits per heavy atom. The van der Waals surface area contributed by atoms with Crippen LogP contribution >= 0.6 is 0 Å². The van der Waals surface area contributed by atoms with Gasteiger partial charge in [-0.3, -0.25) is 0 Å². The van der Waals surface area contributed by atoms with Crippen molar-refractivity contribution in [3.8, 4) is 0 Å². The van der Waals surface area contributed by atoms with Gasteiger partial charge in [0.05, 0.1) is 8.07 Å². The van der Waals surface area contributed by atoms with Crippen LogP contribution in [0.4, 0.5) is 0 Å². The molecule has 0 bridgehead atoms. The van der Waals surface area contributed by atoms with E-state index in [0.29, 0.717) is 0 Å². The van der Waals surface area contributed by atoms with Crippen molar-refractivity contribution in [2.45, 2.75) is 114 Å². The average molecular weight is 565 g/mol. The van der Waals surface area contributed by atoms with Gasteiger partial charge in [0.25, 0.3) is 0 Å². The smallest absolute Gasteiger partial charge is 0.0546 e. The molecule has 0 spiro atoms. The Morgan fingerprint density at radius 2 is 0.902 bits per heavy atom. The van der Waals surface area contributed by atoms with Crippen molar-refractivity contribution < 1.29 is 0 Å². The van der Waals surface area contributed by atoms with Crippen LogP contribution < -0.4 is 0 Å². The molecule has 0 aromatic heterocycles. The van der Waals surface area contributed by atoms with Crippen LogP contribution in [0, 0.1) is 59.2 Å². The Hall–Kier alpha value is -1.34. The molecule has 0 aliphatic heterocycles. The average Bonchev–Trinajstić information content (AvgIpc) is 3.75. The molecule has 0 N–H and O–H groups in total. The van der Waals surface area contributed by atoms with E-state index in [2.05, 4.69) is 87.6 Å². The first-order valence-corrected chi connectivity index (χ1v) is 21.2. The van der Waals surface area contributed by atoms with Crippen LogP contribution in [0.5, 0.6) is 0 Å². The van der Waals surface area contributed by atoms with Gasteiger partial charge >= 0.3 is 0 Å². The maximum absolute atomic E-state index is 2.94. The zero-order valence-electron chi connectivity index (χ0n) is 26.4. The topological polar surface area (TPSA) is 0 Å². The molecule has 6 fully saturated rings. The minimum absolute atomic E-state index is 0.838. The van der Waals surface area contributed by atoms with Crippen molar-refractivity contribution in [3.63, 3.8) is 0 Å². The first-order valence-electron chi connectivity index (χ1n) is 18.0. The second-order valence-corrected chi connectivity index (χ2v) is 22.0. The summed E-state index contributed by atoms with van der Waals surface area (Å²) in [7, 11) is -1.53. The number of benzene rings is 2. The first kappa shape index (κ1) is 27.2. The lowest BCUT2D eigenvalue weighted by atomic mass is 9.62. The Bertz CT molecular complexity index is 1110. The lowest BCUT2D eigenvalue weighted by Crippen LogP contribution is -2.49. The highest BCUT2D eigenvalue weighted by atomic mass is 28.3. The largest absolute Gasteiger partial charge is 0.0689 e. The van der Waals surface area contributed by atoms with E-state index in [0.717, 1.165) is 82.1 Å². The van der Waals surface area contributed by atoms with Gasteiger partial charge < -0.3 is 0 Å². The molecule has 220 valence electrons. The van der Waals surface area contributed by atoms with E-state index in [1.165, 1.54) is 51.4 Å². The molecule has 0 nitrogen and oxygen atoms in total. The van der Waals surface area contributed by atoms with Gasteiger partial charge in [0, 0.05) is 0 Å². The van der Waals surface area contributed by atoms with Gasteiger partial charge in [-0.25, -0.2) is 0 Å². The third kappa shape index (κ3) is 4.24. The van der Waals surface area contributed by atoms with Crippen molar-refractivity contribution in [2.75, 3.05) is 0 Å². The highest BCUT2D eigenvalue weighted by molar-refractivity contribution is 6.80. The molecule has 6 aliphatic carbocycles. The minimum Gasteiger partial charge on any atom is -0.0689 e. The van der Waals surface area contributed by atoms with Crippen LogP contribution in [0.1, 0.15) is 101 Å². The fraction of sp³-hybridized carbons (Fsp3) is 0.700. The lowest BCUT2D eigenvalue weighted by Gasteiger charge is -2.52. The first-order chi connectivity index (χ1) is 19.9. The molecule has 6 aliphatic rings. The van der Waals surface area contributed by atoms with Crippen molar-refractivity contribution in [1.82, 2.24) is 0 Å². The van der Waals surface area contributed by atoms with Crippen LogP contribution in [-0.4, -0.2) is 8.07 Å². The fourth-order valence-corrected chi connectivity index (χ4v) is 21.1. The summed E-state index contributed by atoms with van der Waals surface area (Å²) in [5.41, 5.74) is 5.46. The molecule has 2 aromatic rings. The normalized spacial score (nSPS) is 47.0. The van der Waals surface area contributed by atoms with Crippen LogP contribution in [0.2, 0.25) is 24.2 Å². The van der Waals surface area contributed by atoms with E-state index in [9.17, 15) is 0 Å². The minimum atomic E-state index is -1.53. The van der Waals surface area contributed by atoms with Crippen LogP contribution in [0.3, 0.4) is 0 Å². The van der Waals surface area contributed by atoms with Crippen LogP contribution in [-0.2, 0) is 0 Å². The van der Waals surface area contributed by atoms with Gasteiger partial charge in [-0.05, 0) is 132 Å². The third-order valence-electron chi connectivity index (χ3n) is 15.1. The maximum Gasteiger partial charge on any atom is 0.0546 e. The Balaban J connectivity index is 1.14. The van der Waals surface area contributed by atoms with Crippen molar-refractivity contribution in [2.24, 2.45) is 59.2 Å². The summed E-state index contributed by atoms with van der Waals surface area (Å²) < 4.78 is 0. The molecule has 14 atom stereocenters. The molecule has 0 heterocycles. The van der Waals surface area contributed by atoms with Crippen molar-refractivity contribution in [1.29, 1.82) is 0 Å². The SMILES string of the molecule is CC1CC2C(CC3CCCC3C2c2ccccc2)C1[Si](C)(C)C1C(C)CC2C1CC1CCCC1C2c1ccccc1. The van der Waals surface area contributed by atoms with E-state index in [-0.39, 0.29) is 0 Å². The fourth-order valence-electron chi connectivity index (χ4n) is 14.5. The summed E-state index contributed by atoms with van der Waals surface area (Å²) in [5.74, 6) is 11.3. The Labute approximate surface area is 252 Å². The summed E-state index contributed by atoms with van der Waals surface area (Å²) in [6.45, 7) is 11.3. The van der Waals surface area contributed by atoms with E-state index < -0.39 is 8.07 Å². The summed E-state index contributed by atoms with van der Waals surface area (Å²) >= 11 is 0. The number of hydrogen-bond acceptors (Lipinski definition) is 0. The highest BCUT2D eigenvalue weighted by Gasteiger charge is 2.63. The quantitative estimate of drug-likeness (QED) is 0.324. The zero-order chi connectivity index (χ0) is 27.9. The van der Waals surface area contributed by atoms with E-state index in [4.69, 9.17) is 0 Å².